The zero-order valence-electron chi connectivity index (χ0n) is 15.2. The third kappa shape index (κ3) is 4.45. The fourth-order valence-corrected chi connectivity index (χ4v) is 4.63. The number of halogens is 1. The van der Waals surface area contributed by atoms with Crippen LogP contribution in [0.3, 0.4) is 0 Å². The van der Waals surface area contributed by atoms with Gasteiger partial charge >= 0.3 is 5.97 Å². The van der Waals surface area contributed by atoms with Gasteiger partial charge in [-0.2, -0.15) is 0 Å². The minimum absolute atomic E-state index is 0.0109. The van der Waals surface area contributed by atoms with Gasteiger partial charge in [-0.1, -0.05) is 19.1 Å². The first-order valence-electron chi connectivity index (χ1n) is 8.81. The largest absolute Gasteiger partial charge is 0.481 e. The Kier molecular flexibility index (Phi) is 5.62. The fourth-order valence-electron chi connectivity index (χ4n) is 3.40. The van der Waals surface area contributed by atoms with Crippen LogP contribution in [-0.2, 0) is 27.7 Å². The van der Waals surface area contributed by atoms with Gasteiger partial charge in [-0.15, -0.1) is 0 Å². The highest BCUT2D eigenvalue weighted by Gasteiger charge is 2.28. The molecule has 1 aliphatic carbocycles. The highest BCUT2D eigenvalue weighted by molar-refractivity contribution is 7.89. The summed E-state index contributed by atoms with van der Waals surface area (Å²) in [7, 11) is -3.78. The van der Waals surface area contributed by atoms with E-state index in [1.54, 1.807) is 25.1 Å². The Morgan fingerprint density at radius 3 is 2.43 bits per heavy atom. The van der Waals surface area contributed by atoms with Gasteiger partial charge < -0.3 is 5.11 Å². The van der Waals surface area contributed by atoms with Crippen LogP contribution < -0.4 is 4.72 Å². The van der Waals surface area contributed by atoms with E-state index in [0.717, 1.165) is 23.3 Å². The van der Waals surface area contributed by atoms with Crippen molar-refractivity contribution in [1.82, 2.24) is 4.72 Å². The second-order valence-corrected chi connectivity index (χ2v) is 8.74. The second-order valence-electron chi connectivity index (χ2n) is 7.03. The average Bonchev–Trinajstić information content (AvgIpc) is 3.01. The van der Waals surface area contributed by atoms with Crippen molar-refractivity contribution in [3.63, 3.8) is 0 Å². The summed E-state index contributed by atoms with van der Waals surface area (Å²) < 4.78 is 40.6. The van der Waals surface area contributed by atoms with Crippen molar-refractivity contribution in [3.8, 4) is 0 Å². The number of rotatable bonds is 7. The van der Waals surface area contributed by atoms with Crippen LogP contribution in [0.1, 0.15) is 34.8 Å². The number of carboxylic acids is 1. The van der Waals surface area contributed by atoms with Crippen molar-refractivity contribution in [2.45, 2.75) is 37.1 Å². The van der Waals surface area contributed by atoms with Crippen molar-refractivity contribution in [1.29, 1.82) is 0 Å². The van der Waals surface area contributed by atoms with E-state index >= 15 is 0 Å². The van der Waals surface area contributed by atoms with Gasteiger partial charge in [0.05, 0.1) is 11.3 Å². The van der Waals surface area contributed by atoms with Gasteiger partial charge in [-0.25, -0.2) is 17.5 Å². The van der Waals surface area contributed by atoms with Crippen LogP contribution >= 0.6 is 0 Å². The van der Waals surface area contributed by atoms with Crippen LogP contribution in [0, 0.1) is 11.7 Å². The number of benzene rings is 2. The molecule has 2 N–H and O–H groups in total. The number of ketones is 1. The van der Waals surface area contributed by atoms with Crippen LogP contribution in [-0.4, -0.2) is 31.3 Å². The summed E-state index contributed by atoms with van der Waals surface area (Å²) in [6, 6.07) is 9.37. The highest BCUT2D eigenvalue weighted by atomic mass is 32.2. The molecule has 2 aromatic carbocycles. The number of carbonyl (C=O) groups excluding carboxylic acids is 1. The van der Waals surface area contributed by atoms with Gasteiger partial charge in [0, 0.05) is 17.5 Å². The van der Waals surface area contributed by atoms with Gasteiger partial charge in [0.15, 0.2) is 5.78 Å². The third-order valence-corrected chi connectivity index (χ3v) is 6.33. The van der Waals surface area contributed by atoms with E-state index in [-0.39, 0.29) is 23.1 Å². The summed E-state index contributed by atoms with van der Waals surface area (Å²) in [6.07, 6.45) is 0.662. The number of hydrogen-bond acceptors (Lipinski definition) is 4. The van der Waals surface area contributed by atoms with Gasteiger partial charge in [-0.05, 0) is 54.3 Å². The van der Waals surface area contributed by atoms with E-state index in [1.165, 1.54) is 12.1 Å². The van der Waals surface area contributed by atoms with Crippen LogP contribution in [0.25, 0.3) is 0 Å². The predicted octanol–water partition coefficient (Wildman–Crippen LogP) is 2.56. The Labute approximate surface area is 162 Å². The summed E-state index contributed by atoms with van der Waals surface area (Å²) >= 11 is 0. The van der Waals surface area contributed by atoms with Gasteiger partial charge in [0.1, 0.15) is 5.82 Å². The number of hydrogen-bond donors (Lipinski definition) is 2. The lowest BCUT2D eigenvalue weighted by Gasteiger charge is -2.12. The first-order chi connectivity index (χ1) is 13.2. The van der Waals surface area contributed by atoms with Crippen LogP contribution in [0.15, 0.2) is 47.4 Å². The van der Waals surface area contributed by atoms with Crippen molar-refractivity contribution < 1.29 is 27.5 Å². The number of Topliss-reactive ketones (excluding diaryl/α,β-unsaturated/α-hetero) is 1. The molecule has 0 saturated heterocycles. The van der Waals surface area contributed by atoms with E-state index < -0.39 is 27.7 Å². The zero-order chi connectivity index (χ0) is 20.5. The monoisotopic (exact) mass is 405 g/mol. The molecule has 0 saturated carbocycles. The smallest absolute Gasteiger partial charge is 0.304 e. The average molecular weight is 405 g/mol. The molecule has 28 heavy (non-hydrogen) atoms. The highest BCUT2D eigenvalue weighted by Crippen LogP contribution is 2.26. The van der Waals surface area contributed by atoms with E-state index in [4.69, 9.17) is 5.11 Å². The molecule has 2 aromatic rings. The standard InChI is InChI=1S/C20H20FNO5S/c1-12(8-19(23)24)20(25)14-3-2-13-10-17(11-15(13)9-14)22-28(26,27)18-6-4-16(21)5-7-18/h2-7,9,12,17,22H,8,10-11H2,1H3,(H,23,24). The lowest BCUT2D eigenvalue weighted by Crippen LogP contribution is -2.35. The van der Waals surface area contributed by atoms with Crippen molar-refractivity contribution >= 4 is 21.8 Å². The second kappa shape index (κ2) is 7.81. The SMILES string of the molecule is CC(CC(=O)O)C(=O)c1ccc2c(c1)CC(NS(=O)(=O)c1ccc(F)cc1)C2. The molecule has 0 amide bonds. The number of carbonyl (C=O) groups is 2. The maximum Gasteiger partial charge on any atom is 0.304 e. The minimum atomic E-state index is -3.78. The van der Waals surface area contributed by atoms with Gasteiger partial charge in [0.25, 0.3) is 0 Å². The van der Waals surface area contributed by atoms with Crippen LogP contribution in [0.5, 0.6) is 0 Å². The molecule has 3 rings (SSSR count). The number of aliphatic carboxylic acids is 1. The lowest BCUT2D eigenvalue weighted by molar-refractivity contribution is -0.137. The van der Waals surface area contributed by atoms with Crippen molar-refractivity contribution in [3.05, 3.63) is 65.0 Å². The van der Waals surface area contributed by atoms with Crippen LogP contribution in [0.4, 0.5) is 4.39 Å². The van der Waals surface area contributed by atoms with Gasteiger partial charge in [-0.3, -0.25) is 9.59 Å². The quantitative estimate of drug-likeness (QED) is 0.690. The Bertz CT molecular complexity index is 1020. The molecule has 2 atom stereocenters. The summed E-state index contributed by atoms with van der Waals surface area (Å²) in [5.41, 5.74) is 2.23. The van der Waals surface area contributed by atoms with E-state index in [1.807, 2.05) is 0 Å². The molecule has 0 aliphatic heterocycles. The summed E-state index contributed by atoms with van der Waals surface area (Å²) in [4.78, 5) is 23.2. The topological polar surface area (TPSA) is 101 Å². The maximum atomic E-state index is 13.0. The third-order valence-electron chi connectivity index (χ3n) is 4.80. The first kappa shape index (κ1) is 20.2. The molecule has 1 aliphatic rings. The van der Waals surface area contributed by atoms with Crippen LogP contribution in [0.2, 0.25) is 0 Å². The number of carboxylic acid groups (broad SMARTS) is 1. The summed E-state index contributed by atoms with van der Waals surface area (Å²) in [5.74, 6) is -2.43. The molecule has 2 unspecified atom stereocenters. The minimum Gasteiger partial charge on any atom is -0.481 e. The normalized spacial score (nSPS) is 17.1. The number of fused-ring (bicyclic) bond motifs is 1. The van der Waals surface area contributed by atoms with Crippen molar-refractivity contribution in [2.24, 2.45) is 5.92 Å². The Morgan fingerprint density at radius 1 is 1.14 bits per heavy atom. The molecule has 0 bridgehead atoms. The Hall–Kier alpha value is -2.58. The van der Waals surface area contributed by atoms with E-state index in [9.17, 15) is 22.4 Å². The van der Waals surface area contributed by atoms with E-state index in [2.05, 4.69) is 4.72 Å². The molecule has 0 radical (unpaired) electrons. The summed E-state index contributed by atoms with van der Waals surface area (Å²) in [6.45, 7) is 1.57. The Balaban J connectivity index is 1.72. The van der Waals surface area contributed by atoms with Crippen molar-refractivity contribution in [2.75, 3.05) is 0 Å². The first-order valence-corrected chi connectivity index (χ1v) is 10.3. The lowest BCUT2D eigenvalue weighted by atomic mass is 9.94. The molecule has 8 heteroatoms. The zero-order valence-corrected chi connectivity index (χ0v) is 16.0. The number of nitrogens with one attached hydrogen (secondary N) is 1. The number of sulfonamides is 1. The summed E-state index contributed by atoms with van der Waals surface area (Å²) in [5, 5.41) is 8.85. The predicted molar refractivity (Wildman–Crippen MR) is 100 cm³/mol. The molecule has 0 fully saturated rings. The molecule has 0 spiro atoms. The van der Waals surface area contributed by atoms with Gasteiger partial charge in [0.2, 0.25) is 10.0 Å². The maximum absolute atomic E-state index is 13.0. The molecule has 0 aromatic heterocycles. The molecule has 148 valence electrons. The molecular weight excluding hydrogens is 385 g/mol. The molecule has 6 nitrogen and oxygen atoms in total. The fraction of sp³-hybridized carbons (Fsp3) is 0.300. The molecule has 0 heterocycles. The molecular formula is C20H20FNO5S. The Morgan fingerprint density at radius 2 is 1.79 bits per heavy atom. The van der Waals surface area contributed by atoms with E-state index in [0.29, 0.717) is 18.4 Å².